The summed E-state index contributed by atoms with van der Waals surface area (Å²) in [6.07, 6.45) is 11.2. The third-order valence-electron chi connectivity index (χ3n) is 5.58. The van der Waals surface area contributed by atoms with Gasteiger partial charge in [-0.1, -0.05) is 45.1 Å². The number of hydrogen-bond acceptors (Lipinski definition) is 1. The van der Waals surface area contributed by atoms with Gasteiger partial charge in [-0.25, -0.2) is 0 Å². The van der Waals surface area contributed by atoms with Crippen LogP contribution in [0.5, 0.6) is 0 Å². The van der Waals surface area contributed by atoms with E-state index in [1.54, 1.807) is 0 Å². The summed E-state index contributed by atoms with van der Waals surface area (Å²) < 4.78 is 0. The van der Waals surface area contributed by atoms with Gasteiger partial charge in [0, 0.05) is 5.41 Å². The maximum Gasteiger partial charge on any atom is 0.0901 e. The third kappa shape index (κ3) is 0.851. The van der Waals surface area contributed by atoms with Gasteiger partial charge < -0.3 is 5.11 Å². The second kappa shape index (κ2) is 2.48. The smallest absolute Gasteiger partial charge is 0.0901 e. The molecule has 1 fully saturated rings. The van der Waals surface area contributed by atoms with Crippen molar-refractivity contribution in [1.82, 2.24) is 0 Å². The fourth-order valence-corrected chi connectivity index (χ4v) is 5.23. The summed E-state index contributed by atoms with van der Waals surface area (Å²) in [7, 11) is 0. The summed E-state index contributed by atoms with van der Waals surface area (Å²) >= 11 is 0. The van der Waals surface area contributed by atoms with Crippen molar-refractivity contribution in [3.63, 3.8) is 0 Å². The zero-order valence-electron chi connectivity index (χ0n) is 10.7. The highest BCUT2D eigenvalue weighted by Crippen LogP contribution is 2.74. The van der Waals surface area contributed by atoms with Crippen molar-refractivity contribution in [3.8, 4) is 0 Å². The van der Waals surface area contributed by atoms with Crippen LogP contribution in [0.1, 0.15) is 40.5 Å². The van der Waals surface area contributed by atoms with E-state index in [9.17, 15) is 5.11 Å². The van der Waals surface area contributed by atoms with Crippen molar-refractivity contribution in [3.05, 3.63) is 24.3 Å². The molecule has 3 aliphatic rings. The van der Waals surface area contributed by atoms with Gasteiger partial charge in [0.25, 0.3) is 0 Å². The first-order valence-corrected chi connectivity index (χ1v) is 6.35. The molecular formula is C15H22O. The van der Waals surface area contributed by atoms with Crippen molar-refractivity contribution in [2.45, 2.75) is 46.1 Å². The van der Waals surface area contributed by atoms with Gasteiger partial charge >= 0.3 is 0 Å². The summed E-state index contributed by atoms with van der Waals surface area (Å²) in [5.41, 5.74) is -0.193. The first kappa shape index (κ1) is 10.6. The van der Waals surface area contributed by atoms with Gasteiger partial charge in [0.15, 0.2) is 0 Å². The average Bonchev–Trinajstić information content (AvgIpc) is 2.59. The third-order valence-corrected chi connectivity index (χ3v) is 5.58. The normalized spacial score (nSPS) is 56.7. The molecule has 1 spiro atoms. The van der Waals surface area contributed by atoms with Crippen molar-refractivity contribution < 1.29 is 5.11 Å². The lowest BCUT2D eigenvalue weighted by molar-refractivity contribution is -0.0572. The van der Waals surface area contributed by atoms with Gasteiger partial charge in [-0.15, -0.1) is 0 Å². The zero-order valence-corrected chi connectivity index (χ0v) is 10.7. The first-order valence-electron chi connectivity index (χ1n) is 6.35. The molecule has 0 unspecified atom stereocenters. The Morgan fingerprint density at radius 1 is 1.12 bits per heavy atom. The van der Waals surface area contributed by atoms with Crippen molar-refractivity contribution in [2.24, 2.45) is 22.2 Å². The fourth-order valence-electron chi connectivity index (χ4n) is 5.23. The summed E-state index contributed by atoms with van der Waals surface area (Å²) in [5.74, 6) is 0.485. The maximum absolute atomic E-state index is 10.8. The minimum atomic E-state index is -0.673. The highest BCUT2D eigenvalue weighted by Gasteiger charge is 2.71. The van der Waals surface area contributed by atoms with Crippen molar-refractivity contribution in [1.29, 1.82) is 0 Å². The zero-order chi connectivity index (χ0) is 11.8. The van der Waals surface area contributed by atoms with Crippen LogP contribution < -0.4 is 0 Å². The van der Waals surface area contributed by atoms with Gasteiger partial charge in [0.1, 0.15) is 0 Å². The molecule has 16 heavy (non-hydrogen) atoms. The first-order chi connectivity index (χ1) is 7.25. The molecule has 0 bridgehead atoms. The standard InChI is InChI=1S/C15H22O/c1-12(2)10-13(3)7-5-8-15(13)11(12)6-9-14(15,4)16/h5-6,8-9,11,16H,7,10H2,1-4H3/t11-,13-,14-,15-/m1/s1. The number of rotatable bonds is 0. The molecule has 0 aromatic heterocycles. The van der Waals surface area contributed by atoms with E-state index in [0.29, 0.717) is 11.3 Å². The summed E-state index contributed by atoms with van der Waals surface area (Å²) in [6, 6.07) is 0. The summed E-state index contributed by atoms with van der Waals surface area (Å²) in [6.45, 7) is 9.04. The molecule has 1 heteroatoms. The Labute approximate surface area is 98.2 Å². The minimum Gasteiger partial charge on any atom is -0.385 e. The lowest BCUT2D eigenvalue weighted by atomic mass is 9.59. The average molecular weight is 218 g/mol. The van der Waals surface area contributed by atoms with Crippen LogP contribution in [-0.4, -0.2) is 10.7 Å². The molecule has 88 valence electrons. The van der Waals surface area contributed by atoms with Gasteiger partial charge in [0.2, 0.25) is 0 Å². The van der Waals surface area contributed by atoms with E-state index < -0.39 is 5.60 Å². The SMILES string of the molecule is CC1(C)C[C@@]2(C)CC=C[C@@]23[C@@H]1C=C[C@@]3(C)O. The highest BCUT2D eigenvalue weighted by atomic mass is 16.3. The number of hydrogen-bond donors (Lipinski definition) is 1. The van der Waals surface area contributed by atoms with E-state index in [1.807, 2.05) is 13.0 Å². The number of aliphatic hydroxyl groups is 1. The van der Waals surface area contributed by atoms with Crippen molar-refractivity contribution >= 4 is 0 Å². The minimum absolute atomic E-state index is 0.0521. The molecular weight excluding hydrogens is 196 g/mol. The van der Waals surface area contributed by atoms with E-state index in [0.717, 1.165) is 6.42 Å². The molecule has 0 heterocycles. The molecule has 0 radical (unpaired) electrons. The quantitative estimate of drug-likeness (QED) is 0.618. The Bertz CT molecular complexity index is 402. The fraction of sp³-hybridized carbons (Fsp3) is 0.733. The van der Waals surface area contributed by atoms with Crippen LogP contribution in [0.25, 0.3) is 0 Å². The number of allylic oxidation sites excluding steroid dienone is 2. The predicted octanol–water partition coefficient (Wildman–Crippen LogP) is 3.31. The highest BCUT2D eigenvalue weighted by molar-refractivity contribution is 5.40. The van der Waals surface area contributed by atoms with Gasteiger partial charge in [-0.2, -0.15) is 0 Å². The van der Waals surface area contributed by atoms with Crippen LogP contribution >= 0.6 is 0 Å². The van der Waals surface area contributed by atoms with Gasteiger partial charge in [0.05, 0.1) is 5.60 Å². The maximum atomic E-state index is 10.8. The molecule has 0 aromatic carbocycles. The van der Waals surface area contributed by atoms with E-state index in [4.69, 9.17) is 0 Å². The van der Waals surface area contributed by atoms with E-state index in [1.165, 1.54) is 6.42 Å². The molecule has 1 nitrogen and oxygen atoms in total. The Morgan fingerprint density at radius 3 is 2.50 bits per heavy atom. The van der Waals surface area contributed by atoms with Crippen LogP contribution in [0.2, 0.25) is 0 Å². The molecule has 1 N–H and O–H groups in total. The lowest BCUT2D eigenvalue weighted by Crippen LogP contribution is -2.49. The van der Waals surface area contributed by atoms with E-state index in [2.05, 4.69) is 39.0 Å². The largest absolute Gasteiger partial charge is 0.385 e. The van der Waals surface area contributed by atoms with Crippen LogP contribution in [-0.2, 0) is 0 Å². The molecule has 0 amide bonds. The summed E-state index contributed by atoms with van der Waals surface area (Å²) in [4.78, 5) is 0. The van der Waals surface area contributed by atoms with Crippen LogP contribution in [0, 0.1) is 22.2 Å². The Kier molecular flexibility index (Phi) is 1.64. The van der Waals surface area contributed by atoms with Gasteiger partial charge in [-0.3, -0.25) is 0 Å². The monoisotopic (exact) mass is 218 g/mol. The molecule has 0 aliphatic heterocycles. The molecule has 4 atom stereocenters. The second-order valence-corrected chi connectivity index (χ2v) is 7.19. The van der Waals surface area contributed by atoms with Gasteiger partial charge in [-0.05, 0) is 36.5 Å². The second-order valence-electron chi connectivity index (χ2n) is 7.19. The lowest BCUT2D eigenvalue weighted by Gasteiger charge is -2.46. The van der Waals surface area contributed by atoms with Crippen molar-refractivity contribution in [2.75, 3.05) is 0 Å². The predicted molar refractivity (Wildman–Crippen MR) is 65.9 cm³/mol. The van der Waals surface area contributed by atoms with Crippen LogP contribution in [0.15, 0.2) is 24.3 Å². The topological polar surface area (TPSA) is 20.2 Å². The molecule has 0 saturated heterocycles. The van der Waals surface area contributed by atoms with Crippen LogP contribution in [0.4, 0.5) is 0 Å². The Morgan fingerprint density at radius 2 is 1.81 bits per heavy atom. The van der Waals surface area contributed by atoms with E-state index >= 15 is 0 Å². The molecule has 1 saturated carbocycles. The van der Waals surface area contributed by atoms with E-state index in [-0.39, 0.29) is 10.8 Å². The van der Waals surface area contributed by atoms with Crippen LogP contribution in [0.3, 0.4) is 0 Å². The molecule has 3 aliphatic carbocycles. The summed E-state index contributed by atoms with van der Waals surface area (Å²) in [5, 5.41) is 10.8. The molecule has 0 aromatic rings. The Hall–Kier alpha value is -0.560. The molecule has 3 rings (SSSR count). The Balaban J connectivity index is 2.24.